The molecule has 0 aliphatic rings. The van der Waals surface area contributed by atoms with E-state index >= 15 is 0 Å². The molecule has 41 heavy (non-hydrogen) atoms. The standard InChI is InChI=1S/C29H33ClN6O5/c1-6-39-27(37)22-16-34-36-17-23(19-10-8-7-9-11-19)24(35-25(22)36)31-14-20-12-21(30)15-32-26(20)40-18(2)13-33-28(38)41-29(3,4)5/h7-12,15-18H,6,13-14H2,1-5H3,(H,31,35)(H,33,38)/t18-/m0/s1. The number of amides is 1. The van der Waals surface area contributed by atoms with Crippen molar-refractivity contribution in [2.45, 2.75) is 52.9 Å². The Morgan fingerprint density at radius 1 is 1.15 bits per heavy atom. The number of fused-ring (bicyclic) bond motifs is 1. The monoisotopic (exact) mass is 580 g/mol. The molecule has 12 heteroatoms. The molecule has 0 saturated carbocycles. The molecule has 4 aromatic rings. The van der Waals surface area contributed by atoms with Gasteiger partial charge in [-0.1, -0.05) is 41.9 Å². The first-order chi connectivity index (χ1) is 19.5. The van der Waals surface area contributed by atoms with Crippen molar-refractivity contribution in [3.8, 4) is 17.0 Å². The maximum absolute atomic E-state index is 12.5. The number of ether oxygens (including phenoxy) is 3. The normalized spacial score (nSPS) is 12.0. The van der Waals surface area contributed by atoms with E-state index in [1.165, 1.54) is 12.4 Å². The molecule has 0 fully saturated rings. The first-order valence-corrected chi connectivity index (χ1v) is 13.5. The van der Waals surface area contributed by atoms with Gasteiger partial charge in [0.1, 0.15) is 23.1 Å². The Morgan fingerprint density at radius 2 is 1.90 bits per heavy atom. The molecule has 216 valence electrons. The van der Waals surface area contributed by atoms with Crippen LogP contribution in [0.15, 0.2) is 55.0 Å². The minimum absolute atomic E-state index is 0.209. The quantitative estimate of drug-likeness (QED) is 0.233. The number of pyridine rings is 1. The second-order valence-electron chi connectivity index (χ2n) is 10.2. The zero-order chi connectivity index (χ0) is 29.6. The number of esters is 1. The Bertz CT molecular complexity index is 1520. The van der Waals surface area contributed by atoms with Crippen molar-refractivity contribution in [1.29, 1.82) is 0 Å². The molecule has 1 atom stereocenters. The number of halogens is 1. The Hall–Kier alpha value is -4.38. The highest BCUT2D eigenvalue weighted by Crippen LogP contribution is 2.29. The van der Waals surface area contributed by atoms with E-state index in [9.17, 15) is 9.59 Å². The largest absolute Gasteiger partial charge is 0.473 e. The third-order valence-corrected chi connectivity index (χ3v) is 5.86. The van der Waals surface area contributed by atoms with Gasteiger partial charge in [-0.25, -0.2) is 24.1 Å². The maximum atomic E-state index is 12.5. The van der Waals surface area contributed by atoms with Crippen LogP contribution < -0.4 is 15.4 Å². The van der Waals surface area contributed by atoms with E-state index in [-0.39, 0.29) is 25.3 Å². The van der Waals surface area contributed by atoms with Crippen molar-refractivity contribution >= 4 is 35.1 Å². The Balaban J connectivity index is 1.58. The summed E-state index contributed by atoms with van der Waals surface area (Å²) in [7, 11) is 0. The van der Waals surface area contributed by atoms with E-state index in [0.717, 1.165) is 11.1 Å². The lowest BCUT2D eigenvalue weighted by Crippen LogP contribution is -2.37. The van der Waals surface area contributed by atoms with Gasteiger partial charge in [-0.05, 0) is 46.2 Å². The topological polar surface area (TPSA) is 129 Å². The van der Waals surface area contributed by atoms with Crippen molar-refractivity contribution in [3.05, 3.63) is 71.1 Å². The fraction of sp³-hybridized carbons (Fsp3) is 0.345. The van der Waals surface area contributed by atoms with Crippen LogP contribution in [0.1, 0.15) is 50.5 Å². The van der Waals surface area contributed by atoms with Gasteiger partial charge >= 0.3 is 12.1 Å². The van der Waals surface area contributed by atoms with Crippen LogP contribution in [0.25, 0.3) is 16.8 Å². The molecule has 0 bridgehead atoms. The summed E-state index contributed by atoms with van der Waals surface area (Å²) in [6, 6.07) is 11.4. The summed E-state index contributed by atoms with van der Waals surface area (Å²) in [5.74, 6) is 0.358. The van der Waals surface area contributed by atoms with Crippen LogP contribution in [0.3, 0.4) is 0 Å². The van der Waals surface area contributed by atoms with Gasteiger partial charge in [0.05, 0.1) is 24.4 Å². The predicted octanol–water partition coefficient (Wildman–Crippen LogP) is 5.53. The Labute approximate surface area is 243 Å². The summed E-state index contributed by atoms with van der Waals surface area (Å²) in [4.78, 5) is 33.7. The van der Waals surface area contributed by atoms with Crippen LogP contribution >= 0.6 is 11.6 Å². The minimum atomic E-state index is -0.603. The van der Waals surface area contributed by atoms with Gasteiger partial charge in [-0.3, -0.25) is 0 Å². The van der Waals surface area contributed by atoms with Crippen molar-refractivity contribution in [2.75, 3.05) is 18.5 Å². The molecule has 11 nitrogen and oxygen atoms in total. The van der Waals surface area contributed by atoms with Crippen LogP contribution in [-0.2, 0) is 16.0 Å². The Kier molecular flexibility index (Phi) is 9.28. The fourth-order valence-electron chi connectivity index (χ4n) is 3.88. The third-order valence-electron chi connectivity index (χ3n) is 5.66. The number of alkyl carbamates (subject to hydrolysis) is 1. The number of hydrogen-bond acceptors (Lipinski definition) is 9. The summed E-state index contributed by atoms with van der Waals surface area (Å²) < 4.78 is 18.1. The van der Waals surface area contributed by atoms with E-state index in [1.54, 1.807) is 44.5 Å². The van der Waals surface area contributed by atoms with E-state index in [2.05, 4.69) is 20.7 Å². The van der Waals surface area contributed by atoms with Crippen LogP contribution in [0.2, 0.25) is 5.02 Å². The molecule has 2 N–H and O–H groups in total. The molecule has 0 aliphatic carbocycles. The van der Waals surface area contributed by atoms with Gasteiger partial charge in [-0.2, -0.15) is 5.10 Å². The van der Waals surface area contributed by atoms with Crippen LogP contribution in [0.5, 0.6) is 5.88 Å². The maximum Gasteiger partial charge on any atom is 0.407 e. The number of rotatable bonds is 10. The van der Waals surface area contributed by atoms with Crippen molar-refractivity contribution in [1.82, 2.24) is 24.9 Å². The van der Waals surface area contributed by atoms with E-state index in [4.69, 9.17) is 30.8 Å². The number of benzene rings is 1. The third kappa shape index (κ3) is 7.85. The van der Waals surface area contributed by atoms with E-state index in [1.807, 2.05) is 37.3 Å². The zero-order valence-corrected chi connectivity index (χ0v) is 24.4. The first-order valence-electron chi connectivity index (χ1n) is 13.2. The van der Waals surface area contributed by atoms with Crippen molar-refractivity contribution in [3.63, 3.8) is 0 Å². The molecule has 3 aromatic heterocycles. The van der Waals surface area contributed by atoms with Gasteiger partial charge in [0.15, 0.2) is 5.65 Å². The molecular weight excluding hydrogens is 548 g/mol. The zero-order valence-electron chi connectivity index (χ0n) is 23.6. The Morgan fingerprint density at radius 3 is 2.61 bits per heavy atom. The predicted molar refractivity (Wildman–Crippen MR) is 155 cm³/mol. The molecule has 1 amide bonds. The SMILES string of the molecule is CCOC(=O)c1cnn2cc(-c3ccccc3)c(NCc3cc(Cl)cnc3O[C@@H](C)CNC(=O)OC(C)(C)C)nc12. The van der Waals surface area contributed by atoms with Crippen LogP contribution in [-0.4, -0.2) is 56.5 Å². The van der Waals surface area contributed by atoms with Gasteiger partial charge in [0.25, 0.3) is 0 Å². The number of aromatic nitrogens is 4. The number of nitrogens with one attached hydrogen (secondary N) is 2. The van der Waals surface area contributed by atoms with Gasteiger partial charge in [0.2, 0.25) is 5.88 Å². The summed E-state index contributed by atoms with van der Waals surface area (Å²) in [6.45, 7) is 9.63. The molecule has 1 aromatic carbocycles. The molecule has 3 heterocycles. The number of anilines is 1. The highest BCUT2D eigenvalue weighted by molar-refractivity contribution is 6.30. The second kappa shape index (κ2) is 12.9. The summed E-state index contributed by atoms with van der Waals surface area (Å²) in [5, 5.41) is 10.8. The number of carbonyl (C=O) groups excluding carboxylic acids is 2. The molecule has 0 radical (unpaired) electrons. The van der Waals surface area contributed by atoms with Crippen LogP contribution in [0, 0.1) is 0 Å². The number of hydrogen-bond donors (Lipinski definition) is 2. The number of nitrogens with zero attached hydrogens (tertiary/aromatic N) is 4. The lowest BCUT2D eigenvalue weighted by Gasteiger charge is -2.21. The fourth-order valence-corrected chi connectivity index (χ4v) is 4.06. The molecule has 0 spiro atoms. The average Bonchev–Trinajstić information content (AvgIpc) is 3.34. The molecular formula is C29H33ClN6O5. The molecule has 0 unspecified atom stereocenters. The van der Waals surface area contributed by atoms with Gasteiger partial charge in [0, 0.05) is 30.1 Å². The van der Waals surface area contributed by atoms with E-state index in [0.29, 0.717) is 27.9 Å². The molecule has 0 saturated heterocycles. The van der Waals surface area contributed by atoms with Crippen molar-refractivity contribution in [2.24, 2.45) is 0 Å². The summed E-state index contributed by atoms with van der Waals surface area (Å²) >= 11 is 6.28. The number of carbonyl (C=O) groups is 2. The minimum Gasteiger partial charge on any atom is -0.473 e. The molecule has 0 aliphatic heterocycles. The van der Waals surface area contributed by atoms with Gasteiger partial charge < -0.3 is 24.8 Å². The second-order valence-corrected chi connectivity index (χ2v) is 10.6. The lowest BCUT2D eigenvalue weighted by molar-refractivity contribution is 0.0500. The average molecular weight is 581 g/mol. The highest BCUT2D eigenvalue weighted by Gasteiger charge is 2.20. The molecule has 4 rings (SSSR count). The van der Waals surface area contributed by atoms with Crippen LogP contribution in [0.4, 0.5) is 10.6 Å². The highest BCUT2D eigenvalue weighted by atomic mass is 35.5. The first kappa shape index (κ1) is 29.6. The van der Waals surface area contributed by atoms with E-state index < -0.39 is 23.8 Å². The summed E-state index contributed by atoms with van der Waals surface area (Å²) in [6.07, 6.45) is 3.80. The van der Waals surface area contributed by atoms with Gasteiger partial charge in [-0.15, -0.1) is 0 Å². The lowest BCUT2D eigenvalue weighted by atomic mass is 10.1. The summed E-state index contributed by atoms with van der Waals surface area (Å²) in [5.41, 5.74) is 2.35. The van der Waals surface area contributed by atoms with Crippen molar-refractivity contribution < 1.29 is 23.8 Å². The smallest absolute Gasteiger partial charge is 0.407 e.